The van der Waals surface area contributed by atoms with Crippen molar-refractivity contribution in [1.29, 1.82) is 0 Å². The second kappa shape index (κ2) is 7.11. The number of hydrogen-bond donors (Lipinski definition) is 1. The van der Waals surface area contributed by atoms with Gasteiger partial charge in [0, 0.05) is 25.2 Å². The summed E-state index contributed by atoms with van der Waals surface area (Å²) >= 11 is 0. The summed E-state index contributed by atoms with van der Waals surface area (Å²) in [5.74, 6) is -0.536. The van der Waals surface area contributed by atoms with Gasteiger partial charge in [0.15, 0.2) is 0 Å². The van der Waals surface area contributed by atoms with Crippen molar-refractivity contribution in [1.82, 2.24) is 4.90 Å². The molecule has 126 valence electrons. The van der Waals surface area contributed by atoms with E-state index in [2.05, 4.69) is 33.0 Å². The highest BCUT2D eigenvalue weighted by molar-refractivity contribution is 6.01. The van der Waals surface area contributed by atoms with Gasteiger partial charge in [-0.3, -0.25) is 9.59 Å². The van der Waals surface area contributed by atoms with Crippen LogP contribution in [0.4, 0.5) is 10.1 Å². The first kappa shape index (κ1) is 17.4. The van der Waals surface area contributed by atoms with Crippen molar-refractivity contribution in [2.75, 3.05) is 18.4 Å². The molecule has 1 aromatic carbocycles. The van der Waals surface area contributed by atoms with Crippen molar-refractivity contribution in [2.45, 2.75) is 40.0 Å². The van der Waals surface area contributed by atoms with E-state index >= 15 is 0 Å². The third-order valence-corrected chi connectivity index (χ3v) is 3.84. The Kier molecular flexibility index (Phi) is 5.39. The second-order valence-electron chi connectivity index (χ2n) is 7.07. The average molecular weight is 320 g/mol. The fraction of sp³-hybridized carbons (Fsp3) is 0.556. The molecule has 1 aliphatic rings. The molecule has 1 aliphatic heterocycles. The molecule has 0 spiro atoms. The van der Waals surface area contributed by atoms with Gasteiger partial charge in [-0.05, 0) is 29.5 Å². The summed E-state index contributed by atoms with van der Waals surface area (Å²) < 4.78 is 13.4. The van der Waals surface area contributed by atoms with Gasteiger partial charge in [-0.15, -0.1) is 0 Å². The first-order chi connectivity index (χ1) is 10.8. The number of nitrogens with one attached hydrogen (secondary N) is 1. The van der Waals surface area contributed by atoms with E-state index in [1.807, 2.05) is 4.90 Å². The topological polar surface area (TPSA) is 49.4 Å². The number of benzene rings is 1. The summed E-state index contributed by atoms with van der Waals surface area (Å²) in [6.07, 6.45) is 0.115. The maximum Gasteiger partial charge on any atom is 0.230 e. The second-order valence-corrected chi connectivity index (χ2v) is 7.07. The lowest BCUT2D eigenvalue weighted by Gasteiger charge is -2.32. The van der Waals surface area contributed by atoms with Crippen LogP contribution in [0, 0.1) is 17.7 Å². The molecule has 0 aromatic heterocycles. The normalized spacial score (nSPS) is 17.2. The molecule has 2 rings (SSSR count). The monoisotopic (exact) mass is 320 g/mol. The highest BCUT2D eigenvalue weighted by atomic mass is 19.1. The third kappa shape index (κ3) is 4.30. The summed E-state index contributed by atoms with van der Waals surface area (Å²) in [5, 5.41) is 2.66. The van der Waals surface area contributed by atoms with Gasteiger partial charge in [-0.2, -0.15) is 0 Å². The Hall–Kier alpha value is -1.91. The lowest BCUT2D eigenvalue weighted by molar-refractivity contribution is -0.136. The smallest absolute Gasteiger partial charge is 0.230 e. The highest BCUT2D eigenvalue weighted by Crippen LogP contribution is 2.34. The molecule has 4 nitrogen and oxygen atoms in total. The summed E-state index contributed by atoms with van der Waals surface area (Å²) in [6, 6.07) is 4.23. The molecule has 1 atom stereocenters. The Morgan fingerprint density at radius 2 is 1.87 bits per heavy atom. The molecule has 23 heavy (non-hydrogen) atoms. The van der Waals surface area contributed by atoms with Crippen LogP contribution >= 0.6 is 0 Å². The quantitative estimate of drug-likeness (QED) is 0.904. The molecule has 0 radical (unpaired) electrons. The number of halogens is 1. The fourth-order valence-corrected chi connectivity index (χ4v) is 3.01. The zero-order valence-electron chi connectivity index (χ0n) is 14.2. The number of anilines is 1. The van der Waals surface area contributed by atoms with Crippen molar-refractivity contribution < 1.29 is 14.0 Å². The molecular formula is C18H25FN2O2. The molecule has 2 amide bonds. The highest BCUT2D eigenvalue weighted by Gasteiger charge is 2.34. The van der Waals surface area contributed by atoms with Crippen LogP contribution in [-0.2, 0) is 9.59 Å². The number of carbonyl (C=O) groups is 2. The lowest BCUT2D eigenvalue weighted by Crippen LogP contribution is -2.42. The number of fused-ring (bicyclic) bond motifs is 1. The van der Waals surface area contributed by atoms with Gasteiger partial charge < -0.3 is 10.2 Å². The van der Waals surface area contributed by atoms with E-state index in [4.69, 9.17) is 0 Å². The first-order valence-electron chi connectivity index (χ1n) is 8.16. The Morgan fingerprint density at radius 1 is 1.26 bits per heavy atom. The van der Waals surface area contributed by atoms with E-state index in [9.17, 15) is 14.0 Å². The maximum atomic E-state index is 13.4. The summed E-state index contributed by atoms with van der Waals surface area (Å²) in [5.41, 5.74) is 1.11. The minimum absolute atomic E-state index is 0.0462. The van der Waals surface area contributed by atoms with E-state index in [0.717, 1.165) is 0 Å². The summed E-state index contributed by atoms with van der Waals surface area (Å²) in [7, 11) is 0. The zero-order valence-corrected chi connectivity index (χ0v) is 14.2. The van der Waals surface area contributed by atoms with Crippen LogP contribution in [0.5, 0.6) is 0 Å². The number of amides is 2. The van der Waals surface area contributed by atoms with E-state index in [1.54, 1.807) is 6.07 Å². The predicted octanol–water partition coefficient (Wildman–Crippen LogP) is 3.39. The van der Waals surface area contributed by atoms with Gasteiger partial charge in [0.05, 0.1) is 5.92 Å². The summed E-state index contributed by atoms with van der Waals surface area (Å²) in [6.45, 7) is 9.58. The van der Waals surface area contributed by atoms with Crippen LogP contribution in [0.15, 0.2) is 18.2 Å². The number of carbonyl (C=O) groups excluding carboxylic acids is 2. The van der Waals surface area contributed by atoms with Crippen LogP contribution in [0.25, 0.3) is 0 Å². The molecule has 0 saturated carbocycles. The average Bonchev–Trinajstić information content (AvgIpc) is 2.43. The van der Waals surface area contributed by atoms with Gasteiger partial charge in [0.2, 0.25) is 11.8 Å². The lowest BCUT2D eigenvalue weighted by atomic mass is 9.88. The molecular weight excluding hydrogens is 295 g/mol. The molecule has 0 saturated heterocycles. The number of rotatable bonds is 5. The van der Waals surface area contributed by atoms with E-state index in [0.29, 0.717) is 36.2 Å². The SMILES string of the molecule is CC(C)CN(CC(C)C)C(=O)[C@H]1CC(=O)Nc2cc(F)ccc21. The molecule has 0 bridgehead atoms. The van der Waals surface area contributed by atoms with E-state index < -0.39 is 11.7 Å². The molecule has 0 unspecified atom stereocenters. The van der Waals surface area contributed by atoms with E-state index in [-0.39, 0.29) is 18.2 Å². The zero-order chi connectivity index (χ0) is 17.1. The molecule has 1 heterocycles. The minimum atomic E-state index is -0.531. The molecule has 0 fully saturated rings. The Labute approximate surface area is 137 Å². The molecule has 0 aliphatic carbocycles. The molecule has 1 aromatic rings. The van der Waals surface area contributed by atoms with Crippen molar-refractivity contribution >= 4 is 17.5 Å². The number of nitrogens with zero attached hydrogens (tertiary/aromatic N) is 1. The van der Waals surface area contributed by atoms with Crippen molar-refractivity contribution in [3.8, 4) is 0 Å². The number of hydrogen-bond acceptors (Lipinski definition) is 2. The molecule has 5 heteroatoms. The van der Waals surface area contributed by atoms with Crippen LogP contribution in [0.1, 0.15) is 45.6 Å². The van der Waals surface area contributed by atoms with Gasteiger partial charge in [-0.1, -0.05) is 33.8 Å². The van der Waals surface area contributed by atoms with Crippen molar-refractivity contribution in [3.05, 3.63) is 29.6 Å². The maximum absolute atomic E-state index is 13.4. The predicted molar refractivity (Wildman–Crippen MR) is 88.6 cm³/mol. The van der Waals surface area contributed by atoms with Gasteiger partial charge >= 0.3 is 0 Å². The Bertz CT molecular complexity index is 589. The largest absolute Gasteiger partial charge is 0.342 e. The van der Waals surface area contributed by atoms with Crippen LogP contribution in [0.2, 0.25) is 0 Å². The van der Waals surface area contributed by atoms with Crippen LogP contribution < -0.4 is 5.32 Å². The van der Waals surface area contributed by atoms with Gasteiger partial charge in [0.25, 0.3) is 0 Å². The van der Waals surface area contributed by atoms with Crippen molar-refractivity contribution in [3.63, 3.8) is 0 Å². The Balaban J connectivity index is 2.31. The first-order valence-corrected chi connectivity index (χ1v) is 8.16. The van der Waals surface area contributed by atoms with Crippen molar-refractivity contribution in [2.24, 2.45) is 11.8 Å². The van der Waals surface area contributed by atoms with Crippen LogP contribution in [-0.4, -0.2) is 29.8 Å². The van der Waals surface area contributed by atoms with E-state index in [1.165, 1.54) is 12.1 Å². The third-order valence-electron chi connectivity index (χ3n) is 3.84. The van der Waals surface area contributed by atoms with Crippen LogP contribution in [0.3, 0.4) is 0 Å². The summed E-state index contributed by atoms with van der Waals surface area (Å²) in [4.78, 5) is 26.8. The standard InChI is InChI=1S/C18H25FN2O2/c1-11(2)9-21(10-12(3)4)18(23)15-8-17(22)20-16-7-13(19)5-6-14(15)16/h5-7,11-12,15H,8-10H2,1-4H3,(H,20,22)/t15-/m0/s1. The minimum Gasteiger partial charge on any atom is -0.342 e. The molecule has 1 N–H and O–H groups in total. The van der Waals surface area contributed by atoms with Gasteiger partial charge in [-0.25, -0.2) is 4.39 Å². The van der Waals surface area contributed by atoms with Gasteiger partial charge in [0.1, 0.15) is 5.82 Å². The fourth-order valence-electron chi connectivity index (χ4n) is 3.01. The Morgan fingerprint density at radius 3 is 2.43 bits per heavy atom.